The number of fused-ring (bicyclic) bond motifs is 5. The minimum atomic E-state index is 0.113. The van der Waals surface area contributed by atoms with Crippen molar-refractivity contribution < 1.29 is 14.2 Å². The van der Waals surface area contributed by atoms with Crippen molar-refractivity contribution in [2.75, 3.05) is 34.4 Å². The summed E-state index contributed by atoms with van der Waals surface area (Å²) in [5, 5.41) is 2.54. The van der Waals surface area contributed by atoms with Gasteiger partial charge in [-0.25, -0.2) is 0 Å². The van der Waals surface area contributed by atoms with E-state index in [0.29, 0.717) is 6.04 Å². The monoisotopic (exact) mass is 479 g/mol. The Balaban J connectivity index is 1.36. The largest absolute Gasteiger partial charge is 0.494 e. The second kappa shape index (κ2) is 9.51. The maximum Gasteiger partial charge on any atom is 0.161 e. The normalized spacial score (nSPS) is 18.8. The number of hydrogen-bond donors (Lipinski definition) is 0. The summed E-state index contributed by atoms with van der Waals surface area (Å²) in [5.74, 6) is 2.56. The zero-order valence-electron chi connectivity index (χ0n) is 21.3. The second-order valence-corrected chi connectivity index (χ2v) is 9.96. The van der Waals surface area contributed by atoms with E-state index in [1.807, 2.05) is 0 Å². The highest BCUT2D eigenvalue weighted by molar-refractivity contribution is 5.97. The summed E-state index contributed by atoms with van der Waals surface area (Å²) in [6.45, 7) is 1.96. The molecular formula is C32H33NO3. The lowest BCUT2D eigenvalue weighted by Crippen LogP contribution is -2.26. The van der Waals surface area contributed by atoms with Crippen LogP contribution in [-0.4, -0.2) is 45.4 Å². The molecule has 0 amide bonds. The van der Waals surface area contributed by atoms with Crippen molar-refractivity contribution in [2.24, 2.45) is 0 Å². The van der Waals surface area contributed by atoms with Gasteiger partial charge in [0.25, 0.3) is 0 Å². The number of rotatable bonds is 7. The van der Waals surface area contributed by atoms with Crippen LogP contribution < -0.4 is 14.2 Å². The van der Waals surface area contributed by atoms with Gasteiger partial charge >= 0.3 is 0 Å². The Morgan fingerprint density at radius 2 is 1.64 bits per heavy atom. The molecule has 4 aromatic carbocycles. The van der Waals surface area contributed by atoms with Gasteiger partial charge in [-0.3, -0.25) is 0 Å². The quantitative estimate of drug-likeness (QED) is 0.255. The average Bonchev–Trinajstić information content (AvgIpc) is 3.48. The van der Waals surface area contributed by atoms with Crippen LogP contribution in [-0.2, 0) is 0 Å². The van der Waals surface area contributed by atoms with Gasteiger partial charge in [0.2, 0.25) is 0 Å². The third kappa shape index (κ3) is 3.90. The van der Waals surface area contributed by atoms with Crippen molar-refractivity contribution in [3.63, 3.8) is 0 Å². The van der Waals surface area contributed by atoms with Gasteiger partial charge in [0.1, 0.15) is 5.75 Å². The van der Waals surface area contributed by atoms with Gasteiger partial charge in [-0.15, -0.1) is 0 Å². The predicted molar refractivity (Wildman–Crippen MR) is 146 cm³/mol. The summed E-state index contributed by atoms with van der Waals surface area (Å²) in [7, 11) is 5.62. The third-order valence-electron chi connectivity index (χ3n) is 8.02. The molecule has 6 rings (SSSR count). The number of nitrogens with zero attached hydrogens (tertiary/aromatic N) is 1. The van der Waals surface area contributed by atoms with E-state index in [0.717, 1.165) is 30.3 Å². The van der Waals surface area contributed by atoms with Gasteiger partial charge in [-0.1, -0.05) is 48.5 Å². The first-order valence-electron chi connectivity index (χ1n) is 12.9. The number of hydrogen-bond acceptors (Lipinski definition) is 4. The van der Waals surface area contributed by atoms with E-state index in [-0.39, 0.29) is 5.92 Å². The number of ether oxygens (including phenoxy) is 3. The standard InChI is InChI=1S/C32H33NO3/c1-33-17-6-8-23(33)16-18-36-24-13-10-22(11-14-24)31-28-20-30(35-3)29(34-2)19-27(28)26-15-12-21-7-4-5-9-25(21)32(26)31/h4-5,7,9-15,19-20,23,31H,6,8,16-18H2,1-3H3. The van der Waals surface area contributed by atoms with Gasteiger partial charge in [0.15, 0.2) is 11.5 Å². The molecule has 0 saturated carbocycles. The van der Waals surface area contributed by atoms with Gasteiger partial charge in [0, 0.05) is 12.0 Å². The molecule has 1 fully saturated rings. The fourth-order valence-corrected chi connectivity index (χ4v) is 6.12. The molecule has 4 heteroatoms. The van der Waals surface area contributed by atoms with Crippen LogP contribution in [0.5, 0.6) is 17.2 Å². The minimum absolute atomic E-state index is 0.113. The first-order chi connectivity index (χ1) is 17.7. The summed E-state index contributed by atoms with van der Waals surface area (Å²) in [4.78, 5) is 2.45. The predicted octanol–water partition coefficient (Wildman–Crippen LogP) is 6.88. The molecule has 4 nitrogen and oxygen atoms in total. The smallest absolute Gasteiger partial charge is 0.161 e. The molecule has 1 saturated heterocycles. The highest BCUT2D eigenvalue weighted by Crippen LogP contribution is 2.53. The van der Waals surface area contributed by atoms with Gasteiger partial charge in [0.05, 0.1) is 20.8 Å². The van der Waals surface area contributed by atoms with E-state index in [1.54, 1.807) is 14.2 Å². The molecular weight excluding hydrogens is 446 g/mol. The van der Waals surface area contributed by atoms with Gasteiger partial charge in [-0.05, 0) is 95.7 Å². The molecule has 36 heavy (non-hydrogen) atoms. The van der Waals surface area contributed by atoms with Crippen LogP contribution >= 0.6 is 0 Å². The molecule has 2 atom stereocenters. The van der Waals surface area contributed by atoms with E-state index in [1.165, 1.54) is 58.0 Å². The van der Waals surface area contributed by atoms with Crippen molar-refractivity contribution >= 4 is 10.8 Å². The van der Waals surface area contributed by atoms with Crippen LogP contribution in [0.3, 0.4) is 0 Å². The van der Waals surface area contributed by atoms with Gasteiger partial charge < -0.3 is 19.1 Å². The van der Waals surface area contributed by atoms with Crippen molar-refractivity contribution in [2.45, 2.75) is 31.2 Å². The van der Waals surface area contributed by atoms with E-state index >= 15 is 0 Å². The van der Waals surface area contributed by atoms with E-state index in [4.69, 9.17) is 14.2 Å². The Morgan fingerprint density at radius 3 is 2.39 bits per heavy atom. The van der Waals surface area contributed by atoms with Crippen LogP contribution in [0.1, 0.15) is 41.9 Å². The zero-order chi connectivity index (χ0) is 24.6. The summed E-state index contributed by atoms with van der Waals surface area (Å²) in [6, 6.07) is 26.7. The van der Waals surface area contributed by atoms with Crippen molar-refractivity contribution in [1.82, 2.24) is 4.90 Å². The molecule has 0 bridgehead atoms. The maximum atomic E-state index is 6.15. The molecule has 4 aromatic rings. The van der Waals surface area contributed by atoms with Crippen molar-refractivity contribution in [3.8, 4) is 28.4 Å². The first kappa shape index (κ1) is 22.9. The molecule has 0 radical (unpaired) electrons. The van der Waals surface area contributed by atoms with Crippen molar-refractivity contribution in [3.05, 3.63) is 89.5 Å². The van der Waals surface area contributed by atoms with Crippen LogP contribution in [0.15, 0.2) is 72.8 Å². The molecule has 1 aliphatic carbocycles. The fourth-order valence-electron chi connectivity index (χ4n) is 6.12. The Kier molecular flexibility index (Phi) is 6.06. The van der Waals surface area contributed by atoms with Crippen LogP contribution in [0.4, 0.5) is 0 Å². The summed E-state index contributed by atoms with van der Waals surface area (Å²) < 4.78 is 17.5. The Bertz CT molecular complexity index is 1390. The molecule has 1 heterocycles. The number of likely N-dealkylation sites (tertiary alicyclic amines) is 1. The molecule has 0 N–H and O–H groups in total. The summed E-state index contributed by atoms with van der Waals surface area (Å²) >= 11 is 0. The molecule has 2 unspecified atom stereocenters. The summed E-state index contributed by atoms with van der Waals surface area (Å²) in [6.07, 6.45) is 3.66. The molecule has 184 valence electrons. The Labute approximate surface area is 213 Å². The highest BCUT2D eigenvalue weighted by Gasteiger charge is 2.33. The van der Waals surface area contributed by atoms with Crippen molar-refractivity contribution in [1.29, 1.82) is 0 Å². The van der Waals surface area contributed by atoms with E-state index in [9.17, 15) is 0 Å². The van der Waals surface area contributed by atoms with E-state index in [2.05, 4.69) is 84.7 Å². The van der Waals surface area contributed by atoms with E-state index < -0.39 is 0 Å². The maximum absolute atomic E-state index is 6.15. The Hall–Kier alpha value is -3.50. The lowest BCUT2D eigenvalue weighted by atomic mass is 9.86. The Morgan fingerprint density at radius 1 is 0.861 bits per heavy atom. The van der Waals surface area contributed by atoms with Crippen LogP contribution in [0, 0.1) is 0 Å². The van der Waals surface area contributed by atoms with Crippen LogP contribution in [0.25, 0.3) is 21.9 Å². The lowest BCUT2D eigenvalue weighted by Gasteiger charge is -2.20. The fraction of sp³-hybridized carbons (Fsp3) is 0.312. The van der Waals surface area contributed by atoms with Gasteiger partial charge in [-0.2, -0.15) is 0 Å². The summed E-state index contributed by atoms with van der Waals surface area (Å²) in [5.41, 5.74) is 6.31. The molecule has 2 aliphatic rings. The SMILES string of the molecule is COc1cc2c(cc1OC)C(c1ccc(OCCC3CCCN3C)cc1)c1c-2ccc2ccccc12. The first-order valence-corrected chi connectivity index (χ1v) is 12.9. The number of methoxy groups -OCH3 is 2. The second-order valence-electron chi connectivity index (χ2n) is 9.96. The topological polar surface area (TPSA) is 30.9 Å². The average molecular weight is 480 g/mol. The molecule has 0 spiro atoms. The molecule has 1 aliphatic heterocycles. The minimum Gasteiger partial charge on any atom is -0.494 e. The third-order valence-corrected chi connectivity index (χ3v) is 8.02. The molecule has 0 aromatic heterocycles. The lowest BCUT2D eigenvalue weighted by molar-refractivity contribution is 0.233. The number of benzene rings is 4. The highest BCUT2D eigenvalue weighted by atomic mass is 16.5. The van der Waals surface area contributed by atoms with Crippen LogP contribution in [0.2, 0.25) is 0 Å². The zero-order valence-corrected chi connectivity index (χ0v) is 21.3.